The number of benzene rings is 2. The Bertz CT molecular complexity index is 591. The zero-order chi connectivity index (χ0) is 13.1. The molecule has 1 N–H and O–H groups in total. The summed E-state index contributed by atoms with van der Waals surface area (Å²) in [6, 6.07) is 13.4. The summed E-state index contributed by atoms with van der Waals surface area (Å²) in [6.45, 7) is 1.87. The van der Waals surface area contributed by atoms with Gasteiger partial charge < -0.3 is 5.11 Å². The van der Waals surface area contributed by atoms with Gasteiger partial charge in [0, 0.05) is 10.6 Å². The Hall–Kier alpha value is -1.30. The third kappa shape index (κ3) is 2.58. The number of hydrogen-bond donors (Lipinski definition) is 1. The van der Waals surface area contributed by atoms with Gasteiger partial charge in [0.2, 0.25) is 0 Å². The summed E-state index contributed by atoms with van der Waals surface area (Å²) in [6.07, 6.45) is 0. The van der Waals surface area contributed by atoms with Crippen LogP contribution in [0, 0.1) is 6.92 Å². The molecule has 92 valence electrons. The van der Waals surface area contributed by atoms with Gasteiger partial charge in [-0.2, -0.15) is 0 Å². The van der Waals surface area contributed by atoms with E-state index in [2.05, 4.69) is 9.24 Å². The van der Waals surface area contributed by atoms with Crippen LogP contribution in [0.4, 0.5) is 0 Å². The first-order chi connectivity index (χ1) is 8.63. The molecule has 0 aliphatic rings. The highest BCUT2D eigenvalue weighted by Crippen LogP contribution is 2.34. The third-order valence-corrected chi connectivity index (χ3v) is 3.56. The van der Waals surface area contributed by atoms with Gasteiger partial charge >= 0.3 is 0 Å². The molecule has 0 heterocycles. The standard InChI is InChI=1S/C15H14ClOP/c1-10-7-15(17)12(8-14(10)16)13(9-18)11-5-3-2-4-6-11/h2-9,17H,18H2,1H3. The van der Waals surface area contributed by atoms with E-state index in [0.29, 0.717) is 5.02 Å². The number of aromatic hydroxyl groups is 1. The van der Waals surface area contributed by atoms with Gasteiger partial charge in [-0.05, 0) is 35.8 Å². The number of rotatable bonds is 2. The average Bonchev–Trinajstić information content (AvgIpc) is 2.38. The fourth-order valence-electron chi connectivity index (χ4n) is 1.84. The maximum atomic E-state index is 10.1. The van der Waals surface area contributed by atoms with Crippen LogP contribution in [0.1, 0.15) is 16.7 Å². The third-order valence-electron chi connectivity index (χ3n) is 2.82. The highest BCUT2D eigenvalue weighted by molar-refractivity contribution is 7.21. The van der Waals surface area contributed by atoms with Crippen LogP contribution in [-0.2, 0) is 0 Å². The van der Waals surface area contributed by atoms with Crippen LogP contribution in [0.15, 0.2) is 48.3 Å². The molecule has 0 bridgehead atoms. The smallest absolute Gasteiger partial charge is 0.123 e. The molecule has 1 nitrogen and oxygen atoms in total. The van der Waals surface area contributed by atoms with Gasteiger partial charge in [0.25, 0.3) is 0 Å². The van der Waals surface area contributed by atoms with E-state index in [1.807, 2.05) is 43.1 Å². The number of phenols is 1. The van der Waals surface area contributed by atoms with Crippen molar-refractivity contribution in [2.45, 2.75) is 6.92 Å². The molecule has 0 fully saturated rings. The normalized spacial score (nSPS) is 11.6. The highest BCUT2D eigenvalue weighted by atomic mass is 35.5. The minimum Gasteiger partial charge on any atom is -0.507 e. The molecule has 1 unspecified atom stereocenters. The van der Waals surface area contributed by atoms with E-state index in [1.54, 1.807) is 12.1 Å². The van der Waals surface area contributed by atoms with Crippen LogP contribution >= 0.6 is 20.8 Å². The Morgan fingerprint density at radius 2 is 1.89 bits per heavy atom. The van der Waals surface area contributed by atoms with Crippen LogP contribution in [0.3, 0.4) is 0 Å². The van der Waals surface area contributed by atoms with E-state index in [9.17, 15) is 5.11 Å². The van der Waals surface area contributed by atoms with Crippen molar-refractivity contribution in [1.82, 2.24) is 0 Å². The fraction of sp³-hybridized carbons (Fsp3) is 0.0667. The molecule has 0 radical (unpaired) electrons. The van der Waals surface area contributed by atoms with Crippen molar-refractivity contribution in [3.63, 3.8) is 0 Å². The van der Waals surface area contributed by atoms with Crippen LogP contribution in [0.5, 0.6) is 5.75 Å². The SMILES string of the molecule is Cc1cc(O)c(C(=CP)c2ccccc2)cc1Cl. The van der Waals surface area contributed by atoms with E-state index >= 15 is 0 Å². The van der Waals surface area contributed by atoms with Crippen molar-refractivity contribution in [2.75, 3.05) is 0 Å². The van der Waals surface area contributed by atoms with E-state index in [1.165, 1.54) is 0 Å². The number of halogens is 1. The Kier molecular flexibility index (Phi) is 4.06. The average molecular weight is 277 g/mol. The highest BCUT2D eigenvalue weighted by Gasteiger charge is 2.11. The van der Waals surface area contributed by atoms with E-state index < -0.39 is 0 Å². The molecule has 2 aromatic rings. The lowest BCUT2D eigenvalue weighted by Crippen LogP contribution is -1.89. The molecule has 0 saturated heterocycles. The summed E-state index contributed by atoms with van der Waals surface area (Å²) in [5, 5.41) is 10.7. The van der Waals surface area contributed by atoms with Gasteiger partial charge in [-0.3, -0.25) is 0 Å². The molecular formula is C15H14ClOP. The molecule has 1 atom stereocenters. The predicted octanol–water partition coefficient (Wildman–Crippen LogP) is 4.62. The topological polar surface area (TPSA) is 20.2 Å². The van der Waals surface area contributed by atoms with Crippen LogP contribution in [-0.4, -0.2) is 5.11 Å². The lowest BCUT2D eigenvalue weighted by Gasteiger charge is -2.11. The second-order valence-electron chi connectivity index (χ2n) is 4.06. The van der Waals surface area contributed by atoms with Crippen LogP contribution in [0.25, 0.3) is 5.57 Å². The molecular weight excluding hydrogens is 263 g/mol. The molecule has 0 aliphatic carbocycles. The minimum atomic E-state index is 0.245. The second kappa shape index (κ2) is 5.56. The molecule has 3 heteroatoms. The molecule has 18 heavy (non-hydrogen) atoms. The van der Waals surface area contributed by atoms with Crippen molar-refractivity contribution >= 4 is 26.4 Å². The number of aryl methyl sites for hydroxylation is 1. The Labute approximate surface area is 114 Å². The fourth-order valence-corrected chi connectivity index (χ4v) is 2.38. The molecule has 2 aromatic carbocycles. The van der Waals surface area contributed by atoms with Crippen molar-refractivity contribution in [3.05, 3.63) is 70.0 Å². The summed E-state index contributed by atoms with van der Waals surface area (Å²) in [5.74, 6) is 2.14. The Morgan fingerprint density at radius 1 is 1.22 bits per heavy atom. The van der Waals surface area contributed by atoms with Crippen LogP contribution < -0.4 is 0 Å². The van der Waals surface area contributed by atoms with Crippen molar-refractivity contribution in [2.24, 2.45) is 0 Å². The van der Waals surface area contributed by atoms with Crippen molar-refractivity contribution in [3.8, 4) is 5.75 Å². The predicted molar refractivity (Wildman–Crippen MR) is 81.1 cm³/mol. The van der Waals surface area contributed by atoms with E-state index in [-0.39, 0.29) is 5.75 Å². The first-order valence-electron chi connectivity index (χ1n) is 5.60. The zero-order valence-electron chi connectivity index (χ0n) is 10.0. The first-order valence-corrected chi connectivity index (χ1v) is 6.64. The van der Waals surface area contributed by atoms with E-state index in [4.69, 9.17) is 11.6 Å². The summed E-state index contributed by atoms with van der Waals surface area (Å²) < 4.78 is 0. The maximum Gasteiger partial charge on any atom is 0.123 e. The summed E-state index contributed by atoms with van der Waals surface area (Å²) in [4.78, 5) is 0. The lowest BCUT2D eigenvalue weighted by atomic mass is 9.98. The summed E-state index contributed by atoms with van der Waals surface area (Å²) in [7, 11) is 2.57. The molecule has 0 aromatic heterocycles. The molecule has 0 spiro atoms. The van der Waals surface area contributed by atoms with Crippen molar-refractivity contribution < 1.29 is 5.11 Å². The molecule has 0 aliphatic heterocycles. The maximum absolute atomic E-state index is 10.1. The van der Waals surface area contributed by atoms with Gasteiger partial charge in [-0.1, -0.05) is 47.7 Å². The van der Waals surface area contributed by atoms with E-state index in [0.717, 1.165) is 22.3 Å². The Morgan fingerprint density at radius 3 is 2.50 bits per heavy atom. The number of hydrogen-bond acceptors (Lipinski definition) is 1. The number of phenolic OH excluding ortho intramolecular Hbond substituents is 1. The van der Waals surface area contributed by atoms with Gasteiger partial charge in [0.1, 0.15) is 5.75 Å². The Balaban J connectivity index is 2.57. The van der Waals surface area contributed by atoms with Gasteiger partial charge in [-0.25, -0.2) is 0 Å². The van der Waals surface area contributed by atoms with Crippen LogP contribution in [0.2, 0.25) is 5.02 Å². The molecule has 0 saturated carbocycles. The largest absolute Gasteiger partial charge is 0.507 e. The monoisotopic (exact) mass is 276 g/mol. The first kappa shape index (κ1) is 13.1. The van der Waals surface area contributed by atoms with Crippen molar-refractivity contribution in [1.29, 1.82) is 0 Å². The zero-order valence-corrected chi connectivity index (χ0v) is 11.9. The lowest BCUT2D eigenvalue weighted by molar-refractivity contribution is 0.473. The second-order valence-corrected chi connectivity index (χ2v) is 4.81. The molecule has 2 rings (SSSR count). The van der Waals surface area contributed by atoms with Gasteiger partial charge in [-0.15, -0.1) is 9.24 Å². The van der Waals surface area contributed by atoms with Gasteiger partial charge in [0.05, 0.1) is 0 Å². The molecule has 0 amide bonds. The summed E-state index contributed by atoms with van der Waals surface area (Å²) >= 11 is 6.13. The quantitative estimate of drug-likeness (QED) is 0.794. The summed E-state index contributed by atoms with van der Waals surface area (Å²) in [5.41, 5.74) is 3.60. The van der Waals surface area contributed by atoms with Gasteiger partial charge in [0.15, 0.2) is 0 Å². The minimum absolute atomic E-state index is 0.245.